The third-order valence-corrected chi connectivity index (χ3v) is 9.44. The maximum Gasteiger partial charge on any atom is 0.206 e. The Morgan fingerprint density at radius 2 is 1.00 bits per heavy atom. The Morgan fingerprint density at radius 3 is 1.35 bits per heavy atom. The van der Waals surface area contributed by atoms with E-state index in [-0.39, 0.29) is 44.9 Å². The van der Waals surface area contributed by atoms with Gasteiger partial charge in [-0.2, -0.15) is 23.5 Å². The van der Waals surface area contributed by atoms with Gasteiger partial charge in [0.15, 0.2) is 34.7 Å². The molecule has 0 amide bonds. The number of thioether (sulfide) groups is 2. The Balaban J connectivity index is 1.66. The fourth-order valence-corrected chi connectivity index (χ4v) is 6.62. The van der Waals surface area contributed by atoms with Crippen LogP contribution in [0.2, 0.25) is 0 Å². The van der Waals surface area contributed by atoms with Gasteiger partial charge in [0.2, 0.25) is 9.84 Å². The molecule has 4 rings (SSSR count). The van der Waals surface area contributed by atoms with Crippen molar-refractivity contribution in [3.8, 4) is 0 Å². The van der Waals surface area contributed by atoms with Crippen molar-refractivity contribution in [3.05, 3.63) is 58.7 Å². The number of Topliss-reactive ketones (excluding diaryl/α,β-unsaturated/α-hetero) is 6. The van der Waals surface area contributed by atoms with Crippen molar-refractivity contribution in [2.75, 3.05) is 24.0 Å². The molecule has 0 spiro atoms. The van der Waals surface area contributed by atoms with Gasteiger partial charge >= 0.3 is 0 Å². The Hall–Kier alpha value is -2.89. The van der Waals surface area contributed by atoms with Crippen LogP contribution >= 0.6 is 23.5 Å². The van der Waals surface area contributed by atoms with Gasteiger partial charge < -0.3 is 0 Å². The molecule has 2 aromatic rings. The molecule has 0 heterocycles. The molecule has 0 aliphatic heterocycles. The van der Waals surface area contributed by atoms with Crippen molar-refractivity contribution in [1.82, 2.24) is 0 Å². The van der Waals surface area contributed by atoms with E-state index in [4.69, 9.17) is 0 Å². The van der Waals surface area contributed by atoms with E-state index in [0.29, 0.717) is 11.5 Å². The normalized spacial score (nSPS) is 18.8. The van der Waals surface area contributed by atoms with Gasteiger partial charge in [-0.3, -0.25) is 28.8 Å². The molecule has 8 nitrogen and oxygen atoms in total. The molecule has 0 saturated heterocycles. The van der Waals surface area contributed by atoms with E-state index in [2.05, 4.69) is 0 Å². The molecule has 2 aliphatic rings. The van der Waals surface area contributed by atoms with E-state index >= 15 is 0 Å². The number of carbonyl (C=O) groups is 6. The average molecular weight is 559 g/mol. The molecule has 0 bridgehead atoms. The Labute approximate surface area is 221 Å². The highest BCUT2D eigenvalue weighted by Crippen LogP contribution is 2.35. The van der Waals surface area contributed by atoms with Gasteiger partial charge in [0.25, 0.3) is 0 Å². The second kappa shape index (κ2) is 10.5. The largest absolute Gasteiger partial charge is 0.298 e. The van der Waals surface area contributed by atoms with Crippen molar-refractivity contribution in [3.63, 3.8) is 0 Å². The molecular formula is C26H22O8S3. The first-order valence-corrected chi connectivity index (χ1v) is 15.5. The monoisotopic (exact) mass is 558 g/mol. The smallest absolute Gasteiger partial charge is 0.206 e. The summed E-state index contributed by atoms with van der Waals surface area (Å²) < 4.78 is 26.8. The number of fused-ring (bicyclic) bond motifs is 2. The Kier molecular flexibility index (Phi) is 7.68. The topological polar surface area (TPSA) is 137 Å². The Morgan fingerprint density at radius 1 is 0.649 bits per heavy atom. The van der Waals surface area contributed by atoms with Gasteiger partial charge in [0, 0.05) is 35.1 Å². The number of rotatable bonds is 10. The molecule has 37 heavy (non-hydrogen) atoms. The van der Waals surface area contributed by atoms with Crippen molar-refractivity contribution in [2.45, 2.75) is 22.6 Å². The lowest BCUT2D eigenvalue weighted by Gasteiger charge is -2.08. The van der Waals surface area contributed by atoms with Crippen LogP contribution in [0, 0.1) is 11.8 Å². The number of carbonyl (C=O) groups excluding carboxylic acids is 6. The van der Waals surface area contributed by atoms with Gasteiger partial charge in [-0.1, -0.05) is 0 Å². The van der Waals surface area contributed by atoms with E-state index in [9.17, 15) is 37.2 Å². The first-order valence-electron chi connectivity index (χ1n) is 11.3. The number of ketones is 6. The average Bonchev–Trinajstić information content (AvgIpc) is 3.29. The van der Waals surface area contributed by atoms with Crippen LogP contribution in [-0.2, 0) is 19.4 Å². The molecule has 11 heteroatoms. The summed E-state index contributed by atoms with van der Waals surface area (Å²) in [5.74, 6) is -5.79. The maximum atomic E-state index is 13.4. The molecular weight excluding hydrogens is 536 g/mol. The van der Waals surface area contributed by atoms with Crippen LogP contribution in [-0.4, -0.2) is 67.1 Å². The fourth-order valence-electron chi connectivity index (χ4n) is 4.49. The lowest BCUT2D eigenvalue weighted by Crippen LogP contribution is -2.25. The zero-order valence-corrected chi connectivity index (χ0v) is 22.4. The molecule has 2 unspecified atom stereocenters. The first-order chi connectivity index (χ1) is 17.5. The maximum absolute atomic E-state index is 13.4. The van der Waals surface area contributed by atoms with Crippen LogP contribution in [0.25, 0.3) is 0 Å². The summed E-state index contributed by atoms with van der Waals surface area (Å²) in [4.78, 5) is 75.4. The second-order valence-corrected chi connectivity index (χ2v) is 12.6. The molecule has 0 saturated carbocycles. The minimum atomic E-state index is -4.27. The van der Waals surface area contributed by atoms with Gasteiger partial charge in [-0.15, -0.1) is 0 Å². The second-order valence-electron chi connectivity index (χ2n) is 8.66. The molecule has 0 radical (unpaired) electrons. The van der Waals surface area contributed by atoms with Gasteiger partial charge in [0.05, 0.1) is 9.79 Å². The van der Waals surface area contributed by atoms with Crippen molar-refractivity contribution in [2.24, 2.45) is 11.8 Å². The third-order valence-electron chi connectivity index (χ3n) is 6.46. The Bertz CT molecular complexity index is 1380. The van der Waals surface area contributed by atoms with Crippen LogP contribution in [0.3, 0.4) is 0 Å². The van der Waals surface area contributed by atoms with Gasteiger partial charge in [0.1, 0.15) is 11.8 Å². The summed E-state index contributed by atoms with van der Waals surface area (Å²) >= 11 is 2.81. The number of hydrogen-bond acceptors (Lipinski definition) is 10. The summed E-state index contributed by atoms with van der Waals surface area (Å²) in [6.45, 7) is 0. The highest BCUT2D eigenvalue weighted by Gasteiger charge is 2.45. The third kappa shape index (κ3) is 4.64. The molecule has 0 fully saturated rings. The van der Waals surface area contributed by atoms with E-state index in [1.807, 2.05) is 0 Å². The summed E-state index contributed by atoms with van der Waals surface area (Å²) in [6, 6.07) is 6.91. The fraction of sp³-hybridized carbons (Fsp3) is 0.308. The van der Waals surface area contributed by atoms with E-state index in [1.165, 1.54) is 47.8 Å². The zero-order valence-electron chi connectivity index (χ0n) is 19.9. The summed E-state index contributed by atoms with van der Waals surface area (Å²) in [5.41, 5.74) is -0.290. The summed E-state index contributed by atoms with van der Waals surface area (Å²) in [5, 5.41) is 0. The lowest BCUT2D eigenvalue weighted by atomic mass is 9.97. The molecule has 2 aromatic carbocycles. The first kappa shape index (κ1) is 27.2. The van der Waals surface area contributed by atoms with Crippen LogP contribution in [0.15, 0.2) is 46.2 Å². The molecule has 192 valence electrons. The van der Waals surface area contributed by atoms with Gasteiger partial charge in [-0.05, 0) is 60.4 Å². The van der Waals surface area contributed by atoms with Crippen LogP contribution in [0.4, 0.5) is 0 Å². The van der Waals surface area contributed by atoms with Crippen molar-refractivity contribution >= 4 is 68.1 Å². The quantitative estimate of drug-likeness (QED) is 0.400. The van der Waals surface area contributed by atoms with E-state index in [1.54, 1.807) is 12.5 Å². The molecule has 0 aromatic heterocycles. The van der Waals surface area contributed by atoms with Crippen LogP contribution < -0.4 is 0 Å². The molecule has 0 N–H and O–H groups in total. The predicted octanol–water partition coefficient (Wildman–Crippen LogP) is 3.15. The zero-order chi connectivity index (χ0) is 27.1. The number of hydrogen-bond donors (Lipinski definition) is 0. The number of benzene rings is 2. The van der Waals surface area contributed by atoms with Gasteiger partial charge in [-0.25, -0.2) is 8.42 Å². The number of sulfone groups is 1. The van der Waals surface area contributed by atoms with E-state index in [0.717, 1.165) is 12.1 Å². The van der Waals surface area contributed by atoms with Crippen molar-refractivity contribution < 1.29 is 37.2 Å². The minimum absolute atomic E-state index is 0.00669. The lowest BCUT2D eigenvalue weighted by molar-refractivity contribution is -0.120. The molecule has 2 aliphatic carbocycles. The van der Waals surface area contributed by atoms with Crippen LogP contribution in [0.5, 0.6) is 0 Å². The van der Waals surface area contributed by atoms with Crippen molar-refractivity contribution in [1.29, 1.82) is 0 Å². The SMILES string of the molecule is CSCCC(=O)C1C(=O)c2ccc(S(=O)(=O)c3ccc4c(c3)C(=O)C(C(=O)CCSC)C4=O)cc2C1=O. The minimum Gasteiger partial charge on any atom is -0.298 e. The summed E-state index contributed by atoms with van der Waals surface area (Å²) in [6.07, 6.45) is 3.68. The highest BCUT2D eigenvalue weighted by molar-refractivity contribution is 7.98. The van der Waals surface area contributed by atoms with E-state index < -0.39 is 56.4 Å². The predicted molar refractivity (Wildman–Crippen MR) is 139 cm³/mol. The standard InChI is InChI=1S/C26H22O8S3/c1-35-9-7-19(27)21-23(29)15-5-3-13(11-17(15)25(21)31)37(33,34)14-4-6-16-18(12-14)26(32)22(24(16)30)20(28)8-10-36-2/h3-6,11-12,21-22H,7-10H2,1-2H3. The highest BCUT2D eigenvalue weighted by atomic mass is 32.2. The summed E-state index contributed by atoms with van der Waals surface area (Å²) in [7, 11) is -4.27. The van der Waals surface area contributed by atoms with Crippen LogP contribution in [0.1, 0.15) is 54.3 Å². The molecule has 2 atom stereocenters.